The van der Waals surface area contributed by atoms with Gasteiger partial charge in [0.1, 0.15) is 5.82 Å². The van der Waals surface area contributed by atoms with Crippen LogP contribution in [0.25, 0.3) is 0 Å². The molecule has 1 aromatic heterocycles. The lowest BCUT2D eigenvalue weighted by Gasteiger charge is -2.07. The molecule has 2 heterocycles. The molecule has 0 saturated carbocycles. The minimum atomic E-state index is 0.539. The van der Waals surface area contributed by atoms with Crippen molar-refractivity contribution in [3.05, 3.63) is 5.82 Å². The monoisotopic (exact) mass is 184 g/mol. The molecule has 66 valence electrons. The smallest absolute Gasteiger partial charge is 0.202 e. The Morgan fingerprint density at radius 3 is 3.17 bits per heavy atom. The van der Waals surface area contributed by atoms with Gasteiger partial charge in [0, 0.05) is 24.1 Å². The highest BCUT2D eigenvalue weighted by Gasteiger charge is 2.14. The largest absolute Gasteiger partial charge is 0.356 e. The van der Waals surface area contributed by atoms with Gasteiger partial charge >= 0.3 is 0 Å². The molecule has 0 spiro atoms. The lowest BCUT2D eigenvalue weighted by Crippen LogP contribution is -2.21. The molecule has 0 radical (unpaired) electrons. The first kappa shape index (κ1) is 7.94. The van der Waals surface area contributed by atoms with Crippen LogP contribution in [0.2, 0.25) is 0 Å². The molecule has 1 fully saturated rings. The second kappa shape index (κ2) is 3.37. The number of aryl methyl sites for hydroxylation is 1. The summed E-state index contributed by atoms with van der Waals surface area (Å²) in [5.41, 5.74) is 0. The van der Waals surface area contributed by atoms with E-state index in [0.29, 0.717) is 6.04 Å². The highest BCUT2D eigenvalue weighted by Crippen LogP contribution is 2.13. The molecule has 12 heavy (non-hydrogen) atoms. The summed E-state index contributed by atoms with van der Waals surface area (Å²) in [6.07, 6.45) is 1.18. The standard InChI is InChI=1S/C7H12N4S/c1-5-9-7(12-11-5)10-6-2-3-8-4-6/h6,8H,2-4H2,1H3,(H,9,10,11)/t6-/m0/s1. The zero-order chi connectivity index (χ0) is 8.39. The van der Waals surface area contributed by atoms with E-state index in [1.807, 2.05) is 6.92 Å². The maximum Gasteiger partial charge on any atom is 0.202 e. The Morgan fingerprint density at radius 1 is 1.67 bits per heavy atom. The second-order valence-corrected chi connectivity index (χ2v) is 3.73. The average molecular weight is 184 g/mol. The fraction of sp³-hybridized carbons (Fsp3) is 0.714. The Balaban J connectivity index is 1.94. The van der Waals surface area contributed by atoms with E-state index in [2.05, 4.69) is 20.0 Å². The Morgan fingerprint density at radius 2 is 2.58 bits per heavy atom. The molecule has 5 heteroatoms. The Hall–Kier alpha value is -0.680. The van der Waals surface area contributed by atoms with Crippen molar-refractivity contribution in [3.8, 4) is 0 Å². The molecular weight excluding hydrogens is 172 g/mol. The van der Waals surface area contributed by atoms with Crippen molar-refractivity contribution >= 4 is 16.7 Å². The fourth-order valence-electron chi connectivity index (χ4n) is 1.31. The lowest BCUT2D eigenvalue weighted by molar-refractivity contribution is 0.791. The summed E-state index contributed by atoms with van der Waals surface area (Å²) in [5.74, 6) is 0.855. The number of aromatic nitrogens is 2. The van der Waals surface area contributed by atoms with Gasteiger partial charge in [-0.25, -0.2) is 4.98 Å². The summed E-state index contributed by atoms with van der Waals surface area (Å²) in [6, 6.07) is 0.539. The highest BCUT2D eigenvalue weighted by molar-refractivity contribution is 7.09. The predicted octanol–water partition coefficient (Wildman–Crippen LogP) is 0.620. The van der Waals surface area contributed by atoms with Crippen LogP contribution >= 0.6 is 11.5 Å². The number of hydrogen-bond acceptors (Lipinski definition) is 5. The van der Waals surface area contributed by atoms with Crippen molar-refractivity contribution in [2.75, 3.05) is 18.4 Å². The van der Waals surface area contributed by atoms with Gasteiger partial charge in [-0.05, 0) is 19.9 Å². The third-order valence-corrected chi connectivity index (χ3v) is 2.65. The zero-order valence-electron chi connectivity index (χ0n) is 7.00. The molecule has 4 nitrogen and oxygen atoms in total. The van der Waals surface area contributed by atoms with E-state index in [0.717, 1.165) is 24.0 Å². The van der Waals surface area contributed by atoms with Crippen molar-refractivity contribution in [3.63, 3.8) is 0 Å². The topological polar surface area (TPSA) is 49.8 Å². The summed E-state index contributed by atoms with van der Waals surface area (Å²) in [7, 11) is 0. The highest BCUT2D eigenvalue weighted by atomic mass is 32.1. The minimum Gasteiger partial charge on any atom is -0.356 e. The first-order valence-corrected chi connectivity index (χ1v) is 4.89. The van der Waals surface area contributed by atoms with E-state index in [-0.39, 0.29) is 0 Å². The Kier molecular flexibility index (Phi) is 2.23. The molecule has 1 aliphatic heterocycles. The van der Waals surface area contributed by atoms with E-state index in [9.17, 15) is 0 Å². The van der Waals surface area contributed by atoms with Crippen LogP contribution < -0.4 is 10.6 Å². The number of hydrogen-bond donors (Lipinski definition) is 2. The molecule has 1 aromatic rings. The molecule has 1 aliphatic rings. The molecule has 0 unspecified atom stereocenters. The number of nitrogens with one attached hydrogen (secondary N) is 2. The quantitative estimate of drug-likeness (QED) is 0.707. The second-order valence-electron chi connectivity index (χ2n) is 2.98. The van der Waals surface area contributed by atoms with Crippen LogP contribution in [0.4, 0.5) is 5.13 Å². The number of nitrogens with zero attached hydrogens (tertiary/aromatic N) is 2. The van der Waals surface area contributed by atoms with Crippen LogP contribution in [-0.2, 0) is 0 Å². The van der Waals surface area contributed by atoms with Crippen molar-refractivity contribution in [2.45, 2.75) is 19.4 Å². The summed E-state index contributed by atoms with van der Waals surface area (Å²) in [6.45, 7) is 4.06. The average Bonchev–Trinajstić information content (AvgIpc) is 2.63. The van der Waals surface area contributed by atoms with Crippen LogP contribution in [-0.4, -0.2) is 28.5 Å². The third kappa shape index (κ3) is 1.73. The van der Waals surface area contributed by atoms with Crippen molar-refractivity contribution < 1.29 is 0 Å². The van der Waals surface area contributed by atoms with Crippen molar-refractivity contribution in [1.82, 2.24) is 14.7 Å². The maximum atomic E-state index is 4.24. The molecule has 2 rings (SSSR count). The van der Waals surface area contributed by atoms with Crippen LogP contribution in [0.15, 0.2) is 0 Å². The van der Waals surface area contributed by atoms with Gasteiger partial charge in [0.25, 0.3) is 0 Å². The van der Waals surface area contributed by atoms with Crippen LogP contribution in [0, 0.1) is 6.92 Å². The van der Waals surface area contributed by atoms with Gasteiger partial charge in [0.05, 0.1) is 0 Å². The molecular formula is C7H12N4S. The SMILES string of the molecule is Cc1nsc(N[C@H]2CCNC2)n1. The summed E-state index contributed by atoms with van der Waals surface area (Å²) in [4.78, 5) is 4.24. The fourth-order valence-corrected chi connectivity index (χ4v) is 1.96. The van der Waals surface area contributed by atoms with Crippen molar-refractivity contribution in [1.29, 1.82) is 0 Å². The van der Waals surface area contributed by atoms with E-state index in [1.165, 1.54) is 18.0 Å². The van der Waals surface area contributed by atoms with Gasteiger partial charge in [0.2, 0.25) is 5.13 Å². The molecule has 1 atom stereocenters. The molecule has 0 amide bonds. The molecule has 0 aliphatic carbocycles. The molecule has 2 N–H and O–H groups in total. The van der Waals surface area contributed by atoms with Gasteiger partial charge in [0.15, 0.2) is 0 Å². The number of rotatable bonds is 2. The van der Waals surface area contributed by atoms with Gasteiger partial charge in [-0.1, -0.05) is 0 Å². The molecule has 0 aromatic carbocycles. The first-order chi connectivity index (χ1) is 5.84. The van der Waals surface area contributed by atoms with Crippen LogP contribution in [0.3, 0.4) is 0 Å². The van der Waals surface area contributed by atoms with E-state index in [1.54, 1.807) is 0 Å². The maximum absolute atomic E-state index is 4.24. The predicted molar refractivity (Wildman–Crippen MR) is 49.5 cm³/mol. The van der Waals surface area contributed by atoms with Gasteiger partial charge in [-0.3, -0.25) is 0 Å². The van der Waals surface area contributed by atoms with Gasteiger partial charge in [-0.15, -0.1) is 0 Å². The Bertz CT molecular complexity index is 254. The minimum absolute atomic E-state index is 0.539. The normalized spacial score (nSPS) is 22.9. The van der Waals surface area contributed by atoms with E-state index >= 15 is 0 Å². The lowest BCUT2D eigenvalue weighted by atomic mass is 10.3. The first-order valence-electron chi connectivity index (χ1n) is 4.12. The van der Waals surface area contributed by atoms with Gasteiger partial charge in [-0.2, -0.15) is 4.37 Å². The Labute approximate surface area is 75.6 Å². The summed E-state index contributed by atoms with van der Waals surface area (Å²) >= 11 is 1.44. The van der Waals surface area contributed by atoms with Crippen LogP contribution in [0.1, 0.15) is 12.2 Å². The van der Waals surface area contributed by atoms with Crippen molar-refractivity contribution in [2.24, 2.45) is 0 Å². The summed E-state index contributed by atoms with van der Waals surface area (Å²) < 4.78 is 4.11. The van der Waals surface area contributed by atoms with E-state index < -0.39 is 0 Å². The van der Waals surface area contributed by atoms with E-state index in [4.69, 9.17) is 0 Å². The zero-order valence-corrected chi connectivity index (χ0v) is 7.82. The summed E-state index contributed by atoms with van der Waals surface area (Å²) in [5, 5.41) is 7.58. The van der Waals surface area contributed by atoms with Crippen LogP contribution in [0.5, 0.6) is 0 Å². The third-order valence-electron chi connectivity index (χ3n) is 1.92. The molecule has 1 saturated heterocycles. The van der Waals surface area contributed by atoms with Gasteiger partial charge < -0.3 is 10.6 Å². The number of anilines is 1. The molecule has 0 bridgehead atoms.